The van der Waals surface area contributed by atoms with Gasteiger partial charge in [-0.05, 0) is 30.3 Å². The van der Waals surface area contributed by atoms with Gasteiger partial charge in [0, 0.05) is 12.4 Å². The number of halogens is 1. The molecule has 0 bridgehead atoms. The summed E-state index contributed by atoms with van der Waals surface area (Å²) >= 11 is 6.86. The minimum Gasteiger partial charge on any atom is -0.351 e. The number of rotatable bonds is 7. The van der Waals surface area contributed by atoms with E-state index in [1.165, 1.54) is 0 Å². The van der Waals surface area contributed by atoms with Gasteiger partial charge in [0.1, 0.15) is 4.88 Å². The minimum absolute atomic E-state index is 0.0649. The first-order valence-electron chi connectivity index (χ1n) is 5.88. The molecule has 96 valence electrons. The van der Waals surface area contributed by atoms with E-state index >= 15 is 0 Å². The van der Waals surface area contributed by atoms with Gasteiger partial charge in [-0.3, -0.25) is 4.79 Å². The van der Waals surface area contributed by atoms with Crippen LogP contribution in [0.25, 0.3) is 0 Å². The molecule has 0 saturated heterocycles. The second-order valence-electron chi connectivity index (χ2n) is 3.86. The van der Waals surface area contributed by atoms with E-state index in [-0.39, 0.29) is 5.91 Å². The van der Waals surface area contributed by atoms with Crippen molar-refractivity contribution in [3.05, 3.63) is 10.6 Å². The second-order valence-corrected chi connectivity index (χ2v) is 5.00. The number of carbonyl (C=O) groups is 1. The van der Waals surface area contributed by atoms with E-state index in [1.807, 2.05) is 6.92 Å². The van der Waals surface area contributed by atoms with Crippen LogP contribution in [0.4, 0.5) is 0 Å². The molecular weight excluding hydrogens is 258 g/mol. The molecule has 1 N–H and O–H groups in total. The van der Waals surface area contributed by atoms with Gasteiger partial charge in [0.25, 0.3) is 5.91 Å². The van der Waals surface area contributed by atoms with Crippen molar-refractivity contribution in [3.8, 4) is 0 Å². The fraction of sp³-hybridized carbons (Fsp3) is 0.727. The molecule has 17 heavy (non-hydrogen) atoms. The Balaban J connectivity index is 2.49. The van der Waals surface area contributed by atoms with Gasteiger partial charge in [-0.2, -0.15) is 0 Å². The van der Waals surface area contributed by atoms with Crippen molar-refractivity contribution in [1.82, 2.24) is 14.9 Å². The van der Waals surface area contributed by atoms with E-state index in [0.29, 0.717) is 23.2 Å². The zero-order chi connectivity index (χ0) is 12.7. The maximum Gasteiger partial charge on any atom is 0.264 e. The maximum absolute atomic E-state index is 11.9. The van der Waals surface area contributed by atoms with Gasteiger partial charge >= 0.3 is 0 Å². The third-order valence-electron chi connectivity index (χ3n) is 2.74. The lowest BCUT2D eigenvalue weighted by atomic mass is 10.0. The van der Waals surface area contributed by atoms with E-state index in [4.69, 9.17) is 11.6 Å². The molecule has 6 heteroatoms. The Hall–Kier alpha value is -0.680. The average Bonchev–Trinajstić information content (AvgIpc) is 2.82. The van der Waals surface area contributed by atoms with Crippen molar-refractivity contribution in [2.45, 2.75) is 33.1 Å². The number of nitrogens with one attached hydrogen (secondary N) is 1. The Morgan fingerprint density at radius 3 is 2.88 bits per heavy atom. The van der Waals surface area contributed by atoms with E-state index in [2.05, 4.69) is 21.8 Å². The molecule has 0 aromatic carbocycles. The molecule has 0 aliphatic rings. The van der Waals surface area contributed by atoms with Crippen LogP contribution in [-0.4, -0.2) is 27.9 Å². The molecule has 1 aromatic heterocycles. The third kappa shape index (κ3) is 4.24. The Bertz CT molecular complexity index is 356. The monoisotopic (exact) mass is 275 g/mol. The molecule has 0 aliphatic carbocycles. The first-order chi connectivity index (χ1) is 8.22. The molecule has 4 nitrogen and oxygen atoms in total. The molecular formula is C11H18ClN3OS. The predicted molar refractivity (Wildman–Crippen MR) is 70.7 cm³/mol. The maximum atomic E-state index is 11.9. The van der Waals surface area contributed by atoms with Crippen LogP contribution in [0.1, 0.15) is 42.1 Å². The van der Waals surface area contributed by atoms with Crippen LogP contribution in [-0.2, 0) is 6.42 Å². The largest absolute Gasteiger partial charge is 0.351 e. The first-order valence-corrected chi connectivity index (χ1v) is 7.19. The van der Waals surface area contributed by atoms with Crippen molar-refractivity contribution in [2.24, 2.45) is 5.92 Å². The van der Waals surface area contributed by atoms with Crippen LogP contribution in [0.5, 0.6) is 0 Å². The Morgan fingerprint density at radius 1 is 1.53 bits per heavy atom. The number of amides is 1. The Morgan fingerprint density at radius 2 is 2.29 bits per heavy atom. The van der Waals surface area contributed by atoms with Gasteiger partial charge in [-0.25, -0.2) is 0 Å². The normalized spacial score (nSPS) is 12.4. The zero-order valence-corrected chi connectivity index (χ0v) is 11.8. The zero-order valence-electron chi connectivity index (χ0n) is 10.2. The summed E-state index contributed by atoms with van der Waals surface area (Å²) in [6.45, 7) is 4.74. The van der Waals surface area contributed by atoms with Gasteiger partial charge in [0.15, 0.2) is 0 Å². The van der Waals surface area contributed by atoms with Crippen LogP contribution in [0.15, 0.2) is 0 Å². The van der Waals surface area contributed by atoms with E-state index in [1.54, 1.807) is 0 Å². The predicted octanol–water partition coefficient (Wildman–Crippen LogP) is 2.49. The number of nitrogens with zero attached hydrogens (tertiary/aromatic N) is 2. The minimum atomic E-state index is -0.0649. The molecule has 0 aliphatic heterocycles. The standard InChI is InChI=1S/C11H18ClN3OS/c1-3-8(5-6-12)7-13-11(16)10-9(4-2)14-15-17-10/h8H,3-7H2,1-2H3,(H,13,16). The van der Waals surface area contributed by atoms with Gasteiger partial charge in [-0.1, -0.05) is 24.8 Å². The van der Waals surface area contributed by atoms with Crippen LogP contribution in [0.3, 0.4) is 0 Å². The van der Waals surface area contributed by atoms with Crippen LogP contribution < -0.4 is 5.32 Å². The SMILES string of the molecule is CCc1nnsc1C(=O)NCC(CC)CCCl. The van der Waals surface area contributed by atoms with Crippen molar-refractivity contribution >= 4 is 29.0 Å². The smallest absolute Gasteiger partial charge is 0.264 e. The number of aryl methyl sites for hydroxylation is 1. The Labute approximate surface area is 111 Å². The average molecular weight is 276 g/mol. The fourth-order valence-electron chi connectivity index (χ4n) is 1.53. The molecule has 1 rings (SSSR count). The summed E-state index contributed by atoms with van der Waals surface area (Å²) in [5, 5.41) is 6.85. The molecule has 1 aromatic rings. The molecule has 1 unspecified atom stereocenters. The van der Waals surface area contributed by atoms with Crippen molar-refractivity contribution < 1.29 is 4.79 Å². The molecule has 0 radical (unpaired) electrons. The van der Waals surface area contributed by atoms with E-state index < -0.39 is 0 Å². The molecule has 0 fully saturated rings. The molecule has 1 atom stereocenters. The highest BCUT2D eigenvalue weighted by Crippen LogP contribution is 2.12. The van der Waals surface area contributed by atoms with Crippen molar-refractivity contribution in [2.75, 3.05) is 12.4 Å². The lowest BCUT2D eigenvalue weighted by molar-refractivity contribution is 0.0949. The topological polar surface area (TPSA) is 54.9 Å². The Kier molecular flexibility index (Phi) is 6.44. The number of hydrogen-bond acceptors (Lipinski definition) is 4. The van der Waals surface area contributed by atoms with Crippen LogP contribution in [0.2, 0.25) is 0 Å². The number of carbonyl (C=O) groups excluding carboxylic acids is 1. The lowest BCUT2D eigenvalue weighted by Gasteiger charge is -2.13. The second kappa shape index (κ2) is 7.61. The van der Waals surface area contributed by atoms with Gasteiger partial charge in [0.05, 0.1) is 5.69 Å². The van der Waals surface area contributed by atoms with Gasteiger partial charge in [0.2, 0.25) is 0 Å². The number of aromatic nitrogens is 2. The summed E-state index contributed by atoms with van der Waals surface area (Å²) in [7, 11) is 0. The summed E-state index contributed by atoms with van der Waals surface area (Å²) < 4.78 is 3.81. The number of hydrogen-bond donors (Lipinski definition) is 1. The van der Waals surface area contributed by atoms with Crippen molar-refractivity contribution in [3.63, 3.8) is 0 Å². The van der Waals surface area contributed by atoms with E-state index in [9.17, 15) is 4.79 Å². The highest BCUT2D eigenvalue weighted by molar-refractivity contribution is 7.08. The van der Waals surface area contributed by atoms with Crippen LogP contribution in [0, 0.1) is 5.92 Å². The lowest BCUT2D eigenvalue weighted by Crippen LogP contribution is -2.29. The number of alkyl halides is 1. The molecule has 1 amide bonds. The molecule has 0 spiro atoms. The van der Waals surface area contributed by atoms with Gasteiger partial charge in [-0.15, -0.1) is 16.7 Å². The summed E-state index contributed by atoms with van der Waals surface area (Å²) in [5.74, 6) is 1.02. The van der Waals surface area contributed by atoms with Crippen molar-refractivity contribution in [1.29, 1.82) is 0 Å². The summed E-state index contributed by atoms with van der Waals surface area (Å²) in [6.07, 6.45) is 2.69. The highest BCUT2D eigenvalue weighted by Gasteiger charge is 2.15. The van der Waals surface area contributed by atoms with Crippen LogP contribution >= 0.6 is 23.1 Å². The van der Waals surface area contributed by atoms with E-state index in [0.717, 1.165) is 36.5 Å². The quantitative estimate of drug-likeness (QED) is 0.778. The summed E-state index contributed by atoms with van der Waals surface area (Å²) in [6, 6.07) is 0. The summed E-state index contributed by atoms with van der Waals surface area (Å²) in [4.78, 5) is 12.5. The third-order valence-corrected chi connectivity index (χ3v) is 3.73. The highest BCUT2D eigenvalue weighted by atomic mass is 35.5. The van der Waals surface area contributed by atoms with Gasteiger partial charge < -0.3 is 5.32 Å². The first kappa shape index (κ1) is 14.4. The fourth-order valence-corrected chi connectivity index (χ4v) is 2.51. The summed E-state index contributed by atoms with van der Waals surface area (Å²) in [5.41, 5.74) is 0.776. The molecule has 1 heterocycles. The molecule has 0 saturated carbocycles.